The summed E-state index contributed by atoms with van der Waals surface area (Å²) in [6.45, 7) is 5.94. The van der Waals surface area contributed by atoms with Crippen molar-refractivity contribution in [1.82, 2.24) is 25.1 Å². The molecule has 0 aliphatic rings. The van der Waals surface area contributed by atoms with Crippen molar-refractivity contribution < 1.29 is 4.74 Å². The summed E-state index contributed by atoms with van der Waals surface area (Å²) in [5.41, 5.74) is 1.83. The summed E-state index contributed by atoms with van der Waals surface area (Å²) in [5.74, 6) is 2.09. The molecule has 2 N–H and O–H groups in total. The Balaban J connectivity index is 1.57. The van der Waals surface area contributed by atoms with Gasteiger partial charge in [0, 0.05) is 10.4 Å². The quantitative estimate of drug-likeness (QED) is 0.475. The van der Waals surface area contributed by atoms with E-state index < -0.39 is 0 Å². The second-order valence-electron chi connectivity index (χ2n) is 6.37. The Kier molecular flexibility index (Phi) is 4.94. The van der Waals surface area contributed by atoms with Gasteiger partial charge in [-0.3, -0.25) is 9.89 Å². The normalized spacial score (nSPS) is 12.4. The fourth-order valence-corrected chi connectivity index (χ4v) is 4.67. The number of thioether (sulfide) groups is 1. The van der Waals surface area contributed by atoms with Crippen molar-refractivity contribution in [3.63, 3.8) is 0 Å². The number of fused-ring (bicyclic) bond motifs is 1. The molecule has 9 heteroatoms. The Morgan fingerprint density at radius 1 is 1.18 bits per heavy atom. The van der Waals surface area contributed by atoms with Crippen LogP contribution in [-0.2, 0) is 0 Å². The molecular weight excluding hydrogens is 394 g/mol. The van der Waals surface area contributed by atoms with Crippen LogP contribution in [0.5, 0.6) is 5.75 Å². The van der Waals surface area contributed by atoms with Crippen LogP contribution in [0.15, 0.2) is 34.2 Å². The molecule has 0 saturated carbocycles. The molecule has 28 heavy (non-hydrogen) atoms. The molecule has 0 aliphatic carbocycles. The minimum absolute atomic E-state index is 0.0943. The third-order valence-electron chi connectivity index (χ3n) is 4.55. The highest BCUT2D eigenvalue weighted by molar-refractivity contribution is 7.99. The molecule has 1 aromatic carbocycles. The van der Waals surface area contributed by atoms with Gasteiger partial charge in [-0.15, -0.1) is 16.4 Å². The molecule has 7 nitrogen and oxygen atoms in total. The average molecular weight is 414 g/mol. The van der Waals surface area contributed by atoms with E-state index in [4.69, 9.17) is 4.74 Å². The van der Waals surface area contributed by atoms with Gasteiger partial charge in [-0.05, 0) is 50.6 Å². The Bertz CT molecular complexity index is 1190. The summed E-state index contributed by atoms with van der Waals surface area (Å²) < 4.78 is 5.18. The fourth-order valence-electron chi connectivity index (χ4n) is 2.85. The Labute approximate surface area is 169 Å². The van der Waals surface area contributed by atoms with Crippen LogP contribution in [0.1, 0.15) is 28.4 Å². The number of H-pyrrole nitrogens is 2. The lowest BCUT2D eigenvalue weighted by Crippen LogP contribution is -2.12. The highest BCUT2D eigenvalue weighted by Gasteiger charge is 2.18. The van der Waals surface area contributed by atoms with E-state index >= 15 is 0 Å². The first kappa shape index (κ1) is 18.7. The number of methoxy groups -OCH3 is 1. The molecule has 0 saturated heterocycles. The van der Waals surface area contributed by atoms with E-state index in [2.05, 4.69) is 25.1 Å². The zero-order valence-electron chi connectivity index (χ0n) is 15.9. The average Bonchev–Trinajstić information content (AvgIpc) is 3.26. The zero-order chi connectivity index (χ0) is 19.8. The molecule has 0 radical (unpaired) electrons. The smallest absolute Gasteiger partial charge is 0.259 e. The van der Waals surface area contributed by atoms with Gasteiger partial charge < -0.3 is 9.72 Å². The molecule has 144 valence electrons. The number of rotatable bonds is 5. The summed E-state index contributed by atoms with van der Waals surface area (Å²) in [6, 6.07) is 7.60. The standard InChI is InChI=1S/C19H19N5O2S2/c1-9-10(2)27-18-14(9)17(25)20-15(21-18)11(3)28-19-22-16(23-24-19)12-5-7-13(26-4)8-6-12/h5-8,11H,1-4H3,(H,20,21,25)(H,22,23,24)/t11-/m1/s1. The summed E-state index contributed by atoms with van der Waals surface area (Å²) in [7, 11) is 1.63. The lowest BCUT2D eigenvalue weighted by molar-refractivity contribution is 0.415. The van der Waals surface area contributed by atoms with E-state index in [1.54, 1.807) is 18.4 Å². The molecule has 4 aromatic rings. The van der Waals surface area contributed by atoms with Crippen LogP contribution < -0.4 is 10.3 Å². The van der Waals surface area contributed by atoms with Gasteiger partial charge in [0.15, 0.2) is 5.82 Å². The molecule has 0 aliphatic heterocycles. The summed E-state index contributed by atoms with van der Waals surface area (Å²) in [4.78, 5) is 26.5. The van der Waals surface area contributed by atoms with E-state index in [9.17, 15) is 4.79 Å². The lowest BCUT2D eigenvalue weighted by Gasteiger charge is -2.07. The molecule has 3 heterocycles. The number of thiophene rings is 1. The highest BCUT2D eigenvalue weighted by atomic mass is 32.2. The first-order valence-corrected chi connectivity index (χ1v) is 10.4. The van der Waals surface area contributed by atoms with Gasteiger partial charge in [0.25, 0.3) is 5.56 Å². The van der Waals surface area contributed by atoms with Gasteiger partial charge in [0.2, 0.25) is 5.16 Å². The van der Waals surface area contributed by atoms with E-state index in [0.29, 0.717) is 22.2 Å². The summed E-state index contributed by atoms with van der Waals surface area (Å²) >= 11 is 2.99. The third kappa shape index (κ3) is 3.43. The first-order valence-electron chi connectivity index (χ1n) is 8.69. The van der Waals surface area contributed by atoms with E-state index in [-0.39, 0.29) is 10.8 Å². The number of hydrogen-bond donors (Lipinski definition) is 2. The number of nitrogens with zero attached hydrogens (tertiary/aromatic N) is 3. The number of aryl methyl sites for hydroxylation is 2. The topological polar surface area (TPSA) is 96.6 Å². The van der Waals surface area contributed by atoms with Crippen molar-refractivity contribution in [2.24, 2.45) is 0 Å². The Morgan fingerprint density at radius 3 is 2.64 bits per heavy atom. The minimum Gasteiger partial charge on any atom is -0.497 e. The van der Waals surface area contributed by atoms with Crippen molar-refractivity contribution >= 4 is 33.3 Å². The summed E-state index contributed by atoms with van der Waals surface area (Å²) in [6.07, 6.45) is 0. The Morgan fingerprint density at radius 2 is 1.93 bits per heavy atom. The van der Waals surface area contributed by atoms with Crippen molar-refractivity contribution in [1.29, 1.82) is 0 Å². The molecule has 4 rings (SSSR count). The number of ether oxygens (including phenoxy) is 1. The minimum atomic E-state index is -0.0978. The number of nitrogens with one attached hydrogen (secondary N) is 2. The van der Waals surface area contributed by atoms with Crippen molar-refractivity contribution in [2.45, 2.75) is 31.2 Å². The molecule has 0 amide bonds. The van der Waals surface area contributed by atoms with Gasteiger partial charge in [-0.25, -0.2) is 9.97 Å². The predicted molar refractivity (Wildman–Crippen MR) is 112 cm³/mol. The molecular formula is C19H19N5O2S2. The molecule has 0 bridgehead atoms. The first-order chi connectivity index (χ1) is 13.5. The van der Waals surface area contributed by atoms with Crippen molar-refractivity contribution in [3.05, 3.63) is 50.9 Å². The molecule has 0 unspecified atom stereocenters. The van der Waals surface area contributed by atoms with E-state index in [0.717, 1.165) is 26.6 Å². The van der Waals surface area contributed by atoms with Gasteiger partial charge in [0.05, 0.1) is 17.7 Å². The van der Waals surface area contributed by atoms with Crippen LogP contribution in [0.25, 0.3) is 21.6 Å². The number of benzene rings is 1. The van der Waals surface area contributed by atoms with Crippen LogP contribution in [0.2, 0.25) is 0 Å². The van der Waals surface area contributed by atoms with E-state index in [1.807, 2.05) is 45.0 Å². The van der Waals surface area contributed by atoms with Crippen molar-refractivity contribution in [3.8, 4) is 17.1 Å². The van der Waals surface area contributed by atoms with Gasteiger partial charge in [-0.1, -0.05) is 11.8 Å². The maximum atomic E-state index is 12.5. The maximum Gasteiger partial charge on any atom is 0.259 e. The highest BCUT2D eigenvalue weighted by Crippen LogP contribution is 2.33. The second kappa shape index (κ2) is 7.40. The Hall–Kier alpha value is -2.65. The third-order valence-corrected chi connectivity index (χ3v) is 6.62. The monoisotopic (exact) mass is 413 g/mol. The summed E-state index contributed by atoms with van der Waals surface area (Å²) in [5, 5.41) is 8.42. The van der Waals surface area contributed by atoms with Gasteiger partial charge in [-0.2, -0.15) is 0 Å². The number of hydrogen-bond acceptors (Lipinski definition) is 7. The number of aromatic amines is 2. The molecule has 3 aromatic heterocycles. The van der Waals surface area contributed by atoms with Gasteiger partial charge >= 0.3 is 0 Å². The predicted octanol–water partition coefficient (Wildman–Crippen LogP) is 4.25. The van der Waals surface area contributed by atoms with Crippen LogP contribution in [0.3, 0.4) is 0 Å². The largest absolute Gasteiger partial charge is 0.497 e. The molecule has 0 fully saturated rings. The maximum absolute atomic E-state index is 12.5. The van der Waals surface area contributed by atoms with Crippen molar-refractivity contribution in [2.75, 3.05) is 7.11 Å². The van der Waals surface area contributed by atoms with Gasteiger partial charge in [0.1, 0.15) is 16.4 Å². The molecule has 0 spiro atoms. The fraction of sp³-hybridized carbons (Fsp3) is 0.263. The van der Waals surface area contributed by atoms with Crippen LogP contribution in [-0.4, -0.2) is 32.3 Å². The lowest BCUT2D eigenvalue weighted by atomic mass is 10.2. The SMILES string of the molecule is COc1ccc(-c2nc(S[C@H](C)c3nc4sc(C)c(C)c4c(=O)[nH]3)n[nH]2)cc1. The van der Waals surface area contributed by atoms with Crippen LogP contribution >= 0.6 is 23.1 Å². The van der Waals surface area contributed by atoms with E-state index in [1.165, 1.54) is 11.8 Å². The van der Waals surface area contributed by atoms with Crippen LogP contribution in [0.4, 0.5) is 0 Å². The second-order valence-corrected chi connectivity index (χ2v) is 8.88. The van der Waals surface area contributed by atoms with Crippen LogP contribution in [0, 0.1) is 13.8 Å². The number of aromatic nitrogens is 5. The molecule has 1 atom stereocenters. The zero-order valence-corrected chi connectivity index (χ0v) is 17.5.